The number of ether oxygens (including phenoxy) is 2. The molecule has 1 aliphatic heterocycles. The minimum atomic E-state index is -3.60. The predicted octanol–water partition coefficient (Wildman–Crippen LogP) is 1.24. The van der Waals surface area contributed by atoms with Gasteiger partial charge in [0.25, 0.3) is 0 Å². The summed E-state index contributed by atoms with van der Waals surface area (Å²) in [5.74, 6) is 0.565. The molecule has 2 N–H and O–H groups in total. The first kappa shape index (κ1) is 16.1. The highest BCUT2D eigenvalue weighted by Gasteiger charge is 2.34. The third-order valence-corrected chi connectivity index (χ3v) is 5.71. The van der Waals surface area contributed by atoms with E-state index in [0.717, 1.165) is 12.0 Å². The van der Waals surface area contributed by atoms with Gasteiger partial charge in [-0.15, -0.1) is 0 Å². The number of sulfonamides is 1. The van der Waals surface area contributed by atoms with Gasteiger partial charge < -0.3 is 15.2 Å². The molecule has 0 amide bonds. The van der Waals surface area contributed by atoms with Crippen molar-refractivity contribution in [3.63, 3.8) is 0 Å². The van der Waals surface area contributed by atoms with Gasteiger partial charge in [0, 0.05) is 25.9 Å². The first-order valence-electron chi connectivity index (χ1n) is 6.83. The summed E-state index contributed by atoms with van der Waals surface area (Å²) >= 11 is 0. The Bertz CT molecular complexity index is 616. The second-order valence-corrected chi connectivity index (χ2v) is 7.24. The highest BCUT2D eigenvalue weighted by atomic mass is 32.2. The molecule has 1 saturated heterocycles. The van der Waals surface area contributed by atoms with Crippen molar-refractivity contribution in [1.82, 2.24) is 4.31 Å². The first-order chi connectivity index (χ1) is 9.90. The fourth-order valence-corrected chi connectivity index (χ4v) is 4.27. The van der Waals surface area contributed by atoms with Gasteiger partial charge in [0.1, 0.15) is 10.6 Å². The molecule has 0 aliphatic carbocycles. The van der Waals surface area contributed by atoms with E-state index in [4.69, 9.17) is 15.2 Å². The third kappa shape index (κ3) is 3.14. The number of hydrogen-bond acceptors (Lipinski definition) is 5. The van der Waals surface area contributed by atoms with Gasteiger partial charge in [-0.3, -0.25) is 0 Å². The summed E-state index contributed by atoms with van der Waals surface area (Å²) in [7, 11) is -0.513. The molecule has 1 aromatic rings. The van der Waals surface area contributed by atoms with Crippen LogP contribution in [0.25, 0.3) is 0 Å². The minimum Gasteiger partial charge on any atom is -0.495 e. The van der Waals surface area contributed by atoms with E-state index < -0.39 is 10.0 Å². The number of methoxy groups -OCH3 is 2. The first-order valence-corrected chi connectivity index (χ1v) is 8.27. The van der Waals surface area contributed by atoms with E-state index in [0.29, 0.717) is 31.1 Å². The van der Waals surface area contributed by atoms with Gasteiger partial charge in [-0.25, -0.2) is 8.42 Å². The Hall–Kier alpha value is -1.31. The summed E-state index contributed by atoms with van der Waals surface area (Å²) in [6.07, 6.45) is 0.802. The van der Waals surface area contributed by atoms with Crippen molar-refractivity contribution >= 4 is 15.7 Å². The minimum absolute atomic E-state index is 0.131. The zero-order valence-corrected chi connectivity index (χ0v) is 13.4. The zero-order chi connectivity index (χ0) is 15.6. The number of hydrogen-bond donors (Lipinski definition) is 1. The van der Waals surface area contributed by atoms with Crippen LogP contribution < -0.4 is 10.5 Å². The molecule has 1 aliphatic rings. The van der Waals surface area contributed by atoms with Crippen LogP contribution in [0, 0.1) is 12.8 Å². The normalized spacial score (nSPS) is 19.9. The standard InChI is InChI=1S/C14H22N2O4S/c1-10-6-13(20-3)14(7-12(10)15)21(17,18)16-5-4-11(8-16)9-19-2/h6-7,11H,4-5,8-9,15H2,1-3H3. The van der Waals surface area contributed by atoms with Gasteiger partial charge in [0.2, 0.25) is 10.0 Å². The van der Waals surface area contributed by atoms with Crippen molar-refractivity contribution in [3.8, 4) is 5.75 Å². The van der Waals surface area contributed by atoms with E-state index >= 15 is 0 Å². The van der Waals surface area contributed by atoms with E-state index in [-0.39, 0.29) is 10.8 Å². The van der Waals surface area contributed by atoms with Crippen molar-refractivity contribution in [2.75, 3.05) is 39.6 Å². The molecule has 0 saturated carbocycles. The Balaban J connectivity index is 2.34. The number of aryl methyl sites for hydroxylation is 1. The van der Waals surface area contributed by atoms with Crippen molar-refractivity contribution in [1.29, 1.82) is 0 Å². The summed E-state index contributed by atoms with van der Waals surface area (Å²) < 4.78 is 37.4. The molecule has 0 spiro atoms. The van der Waals surface area contributed by atoms with E-state index in [2.05, 4.69) is 0 Å². The summed E-state index contributed by atoms with van der Waals surface area (Å²) in [6.45, 7) is 3.35. The Morgan fingerprint density at radius 2 is 2.10 bits per heavy atom. The lowest BCUT2D eigenvalue weighted by Gasteiger charge is -2.19. The van der Waals surface area contributed by atoms with Gasteiger partial charge in [0.05, 0.1) is 13.7 Å². The van der Waals surface area contributed by atoms with Gasteiger partial charge in [-0.2, -0.15) is 4.31 Å². The van der Waals surface area contributed by atoms with Crippen LogP contribution >= 0.6 is 0 Å². The van der Waals surface area contributed by atoms with Crippen molar-refractivity contribution in [3.05, 3.63) is 17.7 Å². The SMILES string of the molecule is COCC1CCN(S(=O)(=O)c2cc(N)c(C)cc2OC)C1. The van der Waals surface area contributed by atoms with Crippen LogP contribution in [0.15, 0.2) is 17.0 Å². The molecule has 1 unspecified atom stereocenters. The maximum absolute atomic E-state index is 12.8. The van der Waals surface area contributed by atoms with E-state index in [1.165, 1.54) is 17.5 Å². The molecule has 0 bridgehead atoms. The number of rotatable bonds is 5. The summed E-state index contributed by atoms with van der Waals surface area (Å²) in [6, 6.07) is 3.14. The van der Waals surface area contributed by atoms with Crippen LogP contribution in [0.3, 0.4) is 0 Å². The fraction of sp³-hybridized carbons (Fsp3) is 0.571. The van der Waals surface area contributed by atoms with Crippen LogP contribution in [-0.2, 0) is 14.8 Å². The maximum Gasteiger partial charge on any atom is 0.246 e. The fourth-order valence-electron chi connectivity index (χ4n) is 2.56. The van der Waals surface area contributed by atoms with E-state index in [1.54, 1.807) is 13.2 Å². The van der Waals surface area contributed by atoms with Gasteiger partial charge in [0.15, 0.2) is 0 Å². The lowest BCUT2D eigenvalue weighted by Crippen LogP contribution is -2.30. The van der Waals surface area contributed by atoms with Gasteiger partial charge in [-0.05, 0) is 37.0 Å². The molecular weight excluding hydrogens is 292 g/mol. The van der Waals surface area contributed by atoms with E-state index in [1.807, 2.05) is 6.92 Å². The molecule has 21 heavy (non-hydrogen) atoms. The Morgan fingerprint density at radius 1 is 1.38 bits per heavy atom. The lowest BCUT2D eigenvalue weighted by atomic mass is 10.1. The van der Waals surface area contributed by atoms with E-state index in [9.17, 15) is 8.42 Å². The lowest BCUT2D eigenvalue weighted by molar-refractivity contribution is 0.157. The zero-order valence-electron chi connectivity index (χ0n) is 12.6. The summed E-state index contributed by atoms with van der Waals surface area (Å²) in [5, 5.41) is 0. The van der Waals surface area contributed by atoms with Crippen molar-refractivity contribution < 1.29 is 17.9 Å². The molecular formula is C14H22N2O4S. The topological polar surface area (TPSA) is 81.9 Å². The average Bonchev–Trinajstić information content (AvgIpc) is 2.91. The predicted molar refractivity (Wildman–Crippen MR) is 80.9 cm³/mol. The van der Waals surface area contributed by atoms with Crippen LogP contribution in [-0.4, -0.2) is 46.6 Å². The second kappa shape index (κ2) is 6.21. The van der Waals surface area contributed by atoms with Crippen LogP contribution in [0.5, 0.6) is 5.75 Å². The molecule has 1 fully saturated rings. The third-order valence-electron chi connectivity index (χ3n) is 3.82. The second-order valence-electron chi connectivity index (χ2n) is 5.33. The average molecular weight is 314 g/mol. The Kier molecular flexibility index (Phi) is 4.75. The number of anilines is 1. The molecule has 0 radical (unpaired) electrons. The van der Waals surface area contributed by atoms with Crippen LogP contribution in [0.1, 0.15) is 12.0 Å². The van der Waals surface area contributed by atoms with Crippen molar-refractivity contribution in [2.45, 2.75) is 18.2 Å². The maximum atomic E-state index is 12.8. The number of benzene rings is 1. The largest absolute Gasteiger partial charge is 0.495 e. The molecule has 0 aromatic heterocycles. The van der Waals surface area contributed by atoms with Crippen LogP contribution in [0.4, 0.5) is 5.69 Å². The molecule has 1 aromatic carbocycles. The van der Waals surface area contributed by atoms with Crippen LogP contribution in [0.2, 0.25) is 0 Å². The molecule has 7 heteroatoms. The number of nitrogen functional groups attached to an aromatic ring is 1. The number of nitrogens with two attached hydrogens (primary N) is 1. The smallest absolute Gasteiger partial charge is 0.246 e. The summed E-state index contributed by atoms with van der Waals surface area (Å²) in [5.41, 5.74) is 7.10. The van der Waals surface area contributed by atoms with Crippen molar-refractivity contribution in [2.24, 2.45) is 5.92 Å². The highest BCUT2D eigenvalue weighted by Crippen LogP contribution is 2.33. The molecule has 6 nitrogen and oxygen atoms in total. The number of nitrogens with zero attached hydrogens (tertiary/aromatic N) is 1. The molecule has 1 atom stereocenters. The molecule has 1 heterocycles. The Labute approximate surface area is 125 Å². The Morgan fingerprint density at radius 3 is 2.71 bits per heavy atom. The van der Waals surface area contributed by atoms with Gasteiger partial charge >= 0.3 is 0 Å². The monoisotopic (exact) mass is 314 g/mol. The summed E-state index contributed by atoms with van der Waals surface area (Å²) in [4.78, 5) is 0.131. The molecule has 118 valence electrons. The highest BCUT2D eigenvalue weighted by molar-refractivity contribution is 7.89. The van der Waals surface area contributed by atoms with Gasteiger partial charge in [-0.1, -0.05) is 0 Å². The quantitative estimate of drug-likeness (QED) is 0.827. The molecule has 2 rings (SSSR count).